The van der Waals surface area contributed by atoms with E-state index in [1.165, 1.54) is 26.8 Å². The molecule has 0 aromatic rings. The molecule has 0 bridgehead atoms. The van der Waals surface area contributed by atoms with E-state index in [4.69, 9.17) is 71.1 Å². The van der Waals surface area contributed by atoms with Crippen LogP contribution in [0.5, 0.6) is 0 Å². The van der Waals surface area contributed by atoms with Crippen molar-refractivity contribution >= 4 is 35.4 Å². The highest BCUT2D eigenvalue weighted by molar-refractivity contribution is 5.78. The summed E-state index contributed by atoms with van der Waals surface area (Å²) in [6.07, 6.45) is -8.95. The van der Waals surface area contributed by atoms with Gasteiger partial charge in [-0.1, -0.05) is 0 Å². The average Bonchev–Trinajstić information content (AvgIpc) is 0.955. The lowest BCUT2D eigenvalue weighted by molar-refractivity contribution is -0.272. The molecule has 36 nitrogen and oxygen atoms in total. The van der Waals surface area contributed by atoms with Gasteiger partial charge < -0.3 is 149 Å². The Labute approximate surface area is 559 Å². The summed E-state index contributed by atoms with van der Waals surface area (Å²) >= 11 is 0. The fraction of sp³-hybridized carbons (Fsp3) is 0.867. The van der Waals surface area contributed by atoms with E-state index in [-0.39, 0.29) is 214 Å². The van der Waals surface area contributed by atoms with Gasteiger partial charge in [0.2, 0.25) is 35.4 Å². The molecule has 0 radical (unpaired) electrons. The summed E-state index contributed by atoms with van der Waals surface area (Å²) in [5, 5.41) is 99.4. The Bertz CT molecular complexity index is 2080. The van der Waals surface area contributed by atoms with Crippen molar-refractivity contribution in [2.75, 3.05) is 185 Å². The third-order valence-corrected chi connectivity index (χ3v) is 15.1. The van der Waals surface area contributed by atoms with Crippen molar-refractivity contribution < 1.29 is 141 Å². The van der Waals surface area contributed by atoms with E-state index >= 15 is 0 Å². The zero-order valence-electron chi connectivity index (χ0n) is 55.8. The molecule has 558 valence electrons. The predicted octanol–water partition coefficient (Wildman–Crippen LogP) is -6.23. The maximum Gasteiger partial charge on any atom is 0.220 e. The topological polar surface area (TPSA) is 487 Å². The van der Waals surface area contributed by atoms with E-state index in [0.29, 0.717) is 19.3 Å². The Balaban J connectivity index is 1.32. The minimum Gasteiger partial charge on any atom is -0.510 e. The van der Waals surface area contributed by atoms with Gasteiger partial charge in [0.15, 0.2) is 18.9 Å². The van der Waals surface area contributed by atoms with Gasteiger partial charge in [-0.25, -0.2) is 0 Å². The van der Waals surface area contributed by atoms with Gasteiger partial charge in [-0.2, -0.15) is 0 Å². The number of carbonyl (C=O) groups excluding carboxylic acids is 6. The molecule has 0 aromatic heterocycles. The SMILES string of the molecule is CNC(CCC(=O)NCCOCCOCCOCCOC1OC(CO)CC=C(O)C1NC(C)=O)(CCC(=O)NCCOCCOCCOCCOC1OC(CO)C(O)C(O)C1NC(C)=O)CCC(=O)NCCOCCOCCOCCOC1OC(CO)C(O)C(O)C1NC(C)=O. The highest BCUT2D eigenvalue weighted by Gasteiger charge is 2.47. The smallest absolute Gasteiger partial charge is 0.220 e. The first kappa shape index (κ1) is 85.7. The van der Waals surface area contributed by atoms with Gasteiger partial charge in [0.1, 0.15) is 60.5 Å². The van der Waals surface area contributed by atoms with Crippen molar-refractivity contribution in [2.24, 2.45) is 0 Å². The Morgan fingerprint density at radius 2 is 0.750 bits per heavy atom. The van der Waals surface area contributed by atoms with Crippen molar-refractivity contribution in [3.05, 3.63) is 11.8 Å². The molecule has 13 unspecified atom stereocenters. The second-order valence-corrected chi connectivity index (χ2v) is 22.4. The Morgan fingerprint density at radius 3 is 1.05 bits per heavy atom. The number of carbonyl (C=O) groups is 6. The van der Waals surface area contributed by atoms with Crippen LogP contribution in [0, 0.1) is 0 Å². The van der Waals surface area contributed by atoms with E-state index in [1.54, 1.807) is 7.05 Å². The van der Waals surface area contributed by atoms with Crippen LogP contribution in [-0.2, 0) is 99.8 Å². The number of hydrogen-bond donors (Lipinski definition) is 15. The number of hydrogen-bond acceptors (Lipinski definition) is 30. The number of rotatable bonds is 55. The van der Waals surface area contributed by atoms with Gasteiger partial charge >= 0.3 is 0 Å². The largest absolute Gasteiger partial charge is 0.510 e. The highest BCUT2D eigenvalue weighted by atomic mass is 16.7. The maximum atomic E-state index is 13.1. The lowest BCUT2D eigenvalue weighted by Gasteiger charge is -2.42. The van der Waals surface area contributed by atoms with E-state index in [9.17, 15) is 69.6 Å². The molecule has 6 amide bonds. The van der Waals surface area contributed by atoms with Crippen LogP contribution in [0.2, 0.25) is 0 Å². The molecule has 13 atom stereocenters. The first-order valence-electron chi connectivity index (χ1n) is 32.5. The molecule has 36 heteroatoms. The van der Waals surface area contributed by atoms with Crippen LogP contribution in [0.1, 0.15) is 65.7 Å². The highest BCUT2D eigenvalue weighted by Crippen LogP contribution is 2.27. The van der Waals surface area contributed by atoms with E-state index < -0.39 is 116 Å². The number of nitrogens with one attached hydrogen (secondary N) is 7. The number of aliphatic hydroxyl groups excluding tert-OH is 8. The fourth-order valence-electron chi connectivity index (χ4n) is 9.84. The van der Waals surface area contributed by atoms with Crippen LogP contribution >= 0.6 is 0 Å². The predicted molar refractivity (Wildman–Crippen MR) is 333 cm³/mol. The second kappa shape index (κ2) is 51.6. The Morgan fingerprint density at radius 1 is 0.438 bits per heavy atom. The maximum absolute atomic E-state index is 13.1. The van der Waals surface area contributed by atoms with Gasteiger partial charge in [-0.05, 0) is 38.8 Å². The van der Waals surface area contributed by atoms with Gasteiger partial charge in [0.25, 0.3) is 0 Å². The summed E-state index contributed by atoms with van der Waals surface area (Å²) < 4.78 is 83.8. The van der Waals surface area contributed by atoms with E-state index in [2.05, 4.69) is 37.2 Å². The normalized spacial score (nSPS) is 25.0. The lowest BCUT2D eigenvalue weighted by atomic mass is 9.83. The molecule has 0 aliphatic carbocycles. The first-order chi connectivity index (χ1) is 46.3. The quantitative estimate of drug-likeness (QED) is 0.0252. The average molecular weight is 1390 g/mol. The Kier molecular flexibility index (Phi) is 46.0. The summed E-state index contributed by atoms with van der Waals surface area (Å²) in [5.41, 5.74) is -0.783. The summed E-state index contributed by atoms with van der Waals surface area (Å²) in [4.78, 5) is 74.2. The van der Waals surface area contributed by atoms with Crippen molar-refractivity contribution in [3.63, 3.8) is 0 Å². The molecule has 3 aliphatic heterocycles. The zero-order valence-corrected chi connectivity index (χ0v) is 55.8. The van der Waals surface area contributed by atoms with Crippen LogP contribution in [0.3, 0.4) is 0 Å². The van der Waals surface area contributed by atoms with Crippen molar-refractivity contribution in [1.82, 2.24) is 37.2 Å². The number of amides is 6. The van der Waals surface area contributed by atoms with Crippen molar-refractivity contribution in [3.8, 4) is 0 Å². The molecular weight excluding hydrogens is 1280 g/mol. The molecular formula is C60H109N7O29. The fourth-order valence-corrected chi connectivity index (χ4v) is 9.84. The van der Waals surface area contributed by atoms with Gasteiger partial charge in [-0.3, -0.25) is 28.8 Å². The minimum absolute atomic E-state index is 0.0178. The van der Waals surface area contributed by atoms with Crippen LogP contribution in [0.25, 0.3) is 0 Å². The first-order valence-corrected chi connectivity index (χ1v) is 32.5. The minimum atomic E-state index is -1.43. The molecule has 0 aromatic carbocycles. The second-order valence-electron chi connectivity index (χ2n) is 22.4. The molecule has 3 rings (SSSR count). The Hall–Kier alpha value is -4.56. The summed E-state index contributed by atoms with van der Waals surface area (Å²) in [6, 6.07) is -3.06. The molecule has 3 heterocycles. The molecule has 2 fully saturated rings. The molecule has 96 heavy (non-hydrogen) atoms. The van der Waals surface area contributed by atoms with Gasteiger partial charge in [0, 0.05) is 65.2 Å². The molecule has 3 aliphatic rings. The monoisotopic (exact) mass is 1390 g/mol. The molecule has 15 N–H and O–H groups in total. The third kappa shape index (κ3) is 36.0. The molecule has 0 saturated carbocycles. The standard InChI is InChI=1S/C60H109N7O29/c1-40(71)65-50-44(74)6-5-43(37-68)94-57(50)91-34-31-88-28-25-85-22-19-82-16-13-62-47(75)7-10-60(61-4,11-8-48(76)63-14-17-83-20-23-86-26-29-89-32-35-92-58-51(66-41(2)72)55(80)53(78)45(38-69)95-58)12-9-49(77)64-15-18-84-21-24-87-27-30-90-33-36-93-59-52(67-42(3)73)56(81)54(79)46(39-70)96-59/h6,43,45-46,50-59,61,68-70,74,78-81H,5,7-39H2,1-4H3,(H,62,75)(H,63,76)(H,64,77)(H,65,71)(H,66,72)(H,67,73). The van der Waals surface area contributed by atoms with Crippen LogP contribution < -0.4 is 37.2 Å². The van der Waals surface area contributed by atoms with E-state index in [1.807, 2.05) is 0 Å². The van der Waals surface area contributed by atoms with Crippen LogP contribution in [-0.4, -0.2) is 347 Å². The van der Waals surface area contributed by atoms with Gasteiger partial charge in [0.05, 0.1) is 165 Å². The van der Waals surface area contributed by atoms with Crippen LogP contribution in [0.4, 0.5) is 0 Å². The number of aliphatic hydroxyl groups is 8. The van der Waals surface area contributed by atoms with Crippen LogP contribution in [0.15, 0.2) is 11.8 Å². The summed E-state index contributed by atoms with van der Waals surface area (Å²) in [5.74, 6) is -2.22. The van der Waals surface area contributed by atoms with Gasteiger partial charge in [-0.15, -0.1) is 0 Å². The third-order valence-electron chi connectivity index (χ3n) is 15.1. The molecule has 2 saturated heterocycles. The van der Waals surface area contributed by atoms with Crippen molar-refractivity contribution in [1.29, 1.82) is 0 Å². The van der Waals surface area contributed by atoms with E-state index in [0.717, 1.165) is 0 Å². The molecule has 0 spiro atoms. The summed E-state index contributed by atoms with van der Waals surface area (Å²) in [6.45, 7) is 7.09. The lowest BCUT2D eigenvalue weighted by Crippen LogP contribution is -2.64. The van der Waals surface area contributed by atoms with Crippen molar-refractivity contribution in [2.45, 2.75) is 151 Å². The number of ether oxygens (including phenoxy) is 15. The summed E-state index contributed by atoms with van der Waals surface area (Å²) in [7, 11) is 1.72. The zero-order chi connectivity index (χ0) is 70.4.